The molecule has 0 unspecified atom stereocenters. The fourth-order valence-electron chi connectivity index (χ4n) is 7.47. The predicted molar refractivity (Wildman–Crippen MR) is 269 cm³/mol. The van der Waals surface area contributed by atoms with Crippen LogP contribution in [-0.2, 0) is 9.53 Å². The molecule has 364 valence electrons. The van der Waals surface area contributed by atoms with Gasteiger partial charge in [0.15, 0.2) is 0 Å². The molecule has 6 rings (SSSR count). The number of ether oxygens (including phenoxy) is 6. The van der Waals surface area contributed by atoms with Crippen LogP contribution >= 0.6 is 0 Å². The first-order chi connectivity index (χ1) is 34.2. The first-order valence-electron chi connectivity index (χ1n) is 24.5. The molecule has 0 aliphatic rings. The van der Waals surface area contributed by atoms with E-state index in [4.69, 9.17) is 28.4 Å². The van der Waals surface area contributed by atoms with Crippen LogP contribution in [0, 0.1) is 0 Å². The van der Waals surface area contributed by atoms with Gasteiger partial charge in [-0.3, -0.25) is 4.79 Å². The average molecular weight is 947 g/mol. The Morgan fingerprint density at radius 2 is 0.757 bits per heavy atom. The van der Waals surface area contributed by atoms with Gasteiger partial charge in [0, 0.05) is 6.42 Å². The summed E-state index contributed by atoms with van der Waals surface area (Å²) in [6.45, 7) is 3.23. The number of carbonyl (C=O) groups is 5. The summed E-state index contributed by atoms with van der Waals surface area (Å²) in [4.78, 5) is 62.9. The van der Waals surface area contributed by atoms with Crippen LogP contribution in [0.25, 0.3) is 11.1 Å². The van der Waals surface area contributed by atoms with Gasteiger partial charge in [-0.05, 0) is 140 Å². The van der Waals surface area contributed by atoms with Crippen LogP contribution < -0.4 is 23.7 Å². The zero-order valence-corrected chi connectivity index (χ0v) is 39.9. The van der Waals surface area contributed by atoms with E-state index in [1.54, 1.807) is 133 Å². The normalized spacial score (nSPS) is 10.8. The van der Waals surface area contributed by atoms with Crippen LogP contribution in [0.2, 0.25) is 0 Å². The molecule has 0 spiro atoms. The highest BCUT2D eigenvalue weighted by Gasteiger charge is 2.15. The molecule has 0 radical (unpaired) electrons. The van der Waals surface area contributed by atoms with Gasteiger partial charge in [0.1, 0.15) is 28.7 Å². The third-order valence-corrected chi connectivity index (χ3v) is 11.4. The molecule has 6 aromatic rings. The molecule has 6 aromatic carbocycles. The minimum Gasteiger partial charge on any atom is -0.494 e. The predicted octanol–water partition coefficient (Wildman–Crippen LogP) is 14.0. The van der Waals surface area contributed by atoms with Crippen LogP contribution in [0.5, 0.6) is 28.7 Å². The van der Waals surface area contributed by atoms with Crippen molar-refractivity contribution in [2.75, 3.05) is 13.2 Å². The Morgan fingerprint density at radius 3 is 1.26 bits per heavy atom. The molecule has 0 amide bonds. The lowest BCUT2D eigenvalue weighted by molar-refractivity contribution is -0.138. The molecule has 0 saturated heterocycles. The lowest BCUT2D eigenvalue weighted by Crippen LogP contribution is -2.12. The molecule has 0 saturated carbocycles. The third-order valence-electron chi connectivity index (χ3n) is 11.4. The molecule has 11 nitrogen and oxygen atoms in total. The van der Waals surface area contributed by atoms with Crippen LogP contribution in [-0.4, -0.2) is 43.1 Å². The molecular formula is C59H62O11. The standard InChI is InChI=1S/C59H62O11/c1-2-3-4-5-6-7-8-9-10-11-12-17-41-65-50-33-27-47(28-34-50)57(62)68-53-39-31-48(32-40-53)58(63)69-54-23-19-22-49(43-54)44-25-37-52(38-26-44)67-56(61)46-29-35-51(36-30-46)66-42-18-16-24-55(60)70-59(64)45-20-14-13-15-21-45/h13-15,19-23,25-40,43H,2-12,16-18,24,41-42H2,1H3. The number of unbranched alkanes of at least 4 members (excludes halogenated alkanes) is 12. The van der Waals surface area contributed by atoms with Crippen molar-refractivity contribution in [2.24, 2.45) is 0 Å². The van der Waals surface area contributed by atoms with E-state index < -0.39 is 29.8 Å². The molecular weight excluding hydrogens is 885 g/mol. The van der Waals surface area contributed by atoms with E-state index >= 15 is 0 Å². The molecule has 0 aliphatic carbocycles. The number of hydrogen-bond donors (Lipinski definition) is 0. The minimum atomic E-state index is -0.673. The van der Waals surface area contributed by atoms with Crippen molar-refractivity contribution in [3.05, 3.63) is 174 Å². The van der Waals surface area contributed by atoms with Crippen molar-refractivity contribution in [1.82, 2.24) is 0 Å². The van der Waals surface area contributed by atoms with Crippen LogP contribution in [0.3, 0.4) is 0 Å². The third kappa shape index (κ3) is 17.8. The second-order valence-electron chi connectivity index (χ2n) is 17.0. The van der Waals surface area contributed by atoms with Crippen molar-refractivity contribution in [2.45, 2.75) is 103 Å². The Bertz CT molecular complexity index is 2550. The van der Waals surface area contributed by atoms with Crippen molar-refractivity contribution < 1.29 is 52.4 Å². The quantitative estimate of drug-likeness (QED) is 0.0201. The van der Waals surface area contributed by atoms with Crippen LogP contribution in [0.15, 0.2) is 152 Å². The summed E-state index contributed by atoms with van der Waals surface area (Å²) in [5, 5.41) is 0. The van der Waals surface area contributed by atoms with Gasteiger partial charge in [0.2, 0.25) is 0 Å². The maximum absolute atomic E-state index is 13.1. The summed E-state index contributed by atoms with van der Waals surface area (Å²) in [7, 11) is 0. The maximum atomic E-state index is 13.1. The van der Waals surface area contributed by atoms with Crippen molar-refractivity contribution >= 4 is 29.8 Å². The summed E-state index contributed by atoms with van der Waals surface area (Å²) in [6, 6.07) is 41.9. The van der Waals surface area contributed by atoms with Gasteiger partial charge in [0.25, 0.3) is 0 Å². The molecule has 0 atom stereocenters. The van der Waals surface area contributed by atoms with E-state index in [1.165, 1.54) is 76.3 Å². The van der Waals surface area contributed by atoms with Crippen LogP contribution in [0.4, 0.5) is 0 Å². The molecule has 0 aliphatic heterocycles. The maximum Gasteiger partial charge on any atom is 0.345 e. The van der Waals surface area contributed by atoms with E-state index in [-0.39, 0.29) is 17.7 Å². The van der Waals surface area contributed by atoms with Gasteiger partial charge < -0.3 is 28.4 Å². The van der Waals surface area contributed by atoms with E-state index in [0.717, 1.165) is 24.0 Å². The van der Waals surface area contributed by atoms with E-state index in [9.17, 15) is 24.0 Å². The Balaban J connectivity index is 0.861. The van der Waals surface area contributed by atoms with Gasteiger partial charge in [-0.1, -0.05) is 120 Å². The van der Waals surface area contributed by atoms with Gasteiger partial charge in [-0.25, -0.2) is 19.2 Å². The second kappa shape index (κ2) is 28.7. The largest absolute Gasteiger partial charge is 0.494 e. The number of benzene rings is 6. The number of rotatable bonds is 28. The highest BCUT2D eigenvalue weighted by atomic mass is 16.6. The van der Waals surface area contributed by atoms with Gasteiger partial charge >= 0.3 is 29.8 Å². The monoisotopic (exact) mass is 946 g/mol. The second-order valence-corrected chi connectivity index (χ2v) is 17.0. The summed E-state index contributed by atoms with van der Waals surface area (Å²) in [5.41, 5.74) is 2.89. The Labute approximate surface area is 411 Å². The Morgan fingerprint density at radius 1 is 0.343 bits per heavy atom. The minimum absolute atomic E-state index is 0.0858. The Kier molecular flexibility index (Phi) is 21.3. The van der Waals surface area contributed by atoms with E-state index in [2.05, 4.69) is 6.92 Å². The molecule has 0 aromatic heterocycles. The highest BCUT2D eigenvalue weighted by Crippen LogP contribution is 2.28. The smallest absolute Gasteiger partial charge is 0.345 e. The van der Waals surface area contributed by atoms with E-state index in [0.29, 0.717) is 65.7 Å². The van der Waals surface area contributed by atoms with Crippen LogP contribution in [0.1, 0.15) is 145 Å². The SMILES string of the molecule is CCCCCCCCCCCCCCOc1ccc(C(=O)Oc2ccc(C(=O)Oc3cccc(-c4ccc(OC(=O)c5ccc(OCCCCC(=O)OC(=O)c6ccccc6)cc5)cc4)c3)cc2)cc1. The van der Waals surface area contributed by atoms with Gasteiger partial charge in [-0.15, -0.1) is 0 Å². The van der Waals surface area contributed by atoms with E-state index in [1.807, 2.05) is 6.07 Å². The first-order valence-corrected chi connectivity index (χ1v) is 24.5. The molecule has 0 heterocycles. The summed E-state index contributed by atoms with van der Waals surface area (Å²) >= 11 is 0. The number of carbonyl (C=O) groups excluding carboxylic acids is 5. The molecule has 0 fully saturated rings. The summed E-state index contributed by atoms with van der Waals surface area (Å²) in [5.74, 6) is -0.682. The van der Waals surface area contributed by atoms with Crippen molar-refractivity contribution in [3.63, 3.8) is 0 Å². The molecule has 0 bridgehead atoms. The zero-order chi connectivity index (χ0) is 49.2. The number of esters is 5. The van der Waals surface area contributed by atoms with Gasteiger partial charge in [-0.2, -0.15) is 0 Å². The molecule has 70 heavy (non-hydrogen) atoms. The average Bonchev–Trinajstić information content (AvgIpc) is 3.38. The lowest BCUT2D eigenvalue weighted by atomic mass is 10.1. The van der Waals surface area contributed by atoms with Crippen molar-refractivity contribution in [1.29, 1.82) is 0 Å². The fraction of sp³-hybridized carbons (Fsp3) is 0.305. The Hall–Kier alpha value is -7.53. The van der Waals surface area contributed by atoms with Gasteiger partial charge in [0.05, 0.1) is 35.5 Å². The first kappa shape index (κ1) is 51.9. The highest BCUT2D eigenvalue weighted by molar-refractivity contribution is 5.97. The van der Waals surface area contributed by atoms with Crippen molar-refractivity contribution in [3.8, 4) is 39.9 Å². The number of hydrogen-bond acceptors (Lipinski definition) is 11. The summed E-state index contributed by atoms with van der Waals surface area (Å²) < 4.78 is 33.3. The lowest BCUT2D eigenvalue weighted by Gasteiger charge is -2.10. The molecule has 11 heteroatoms. The fourth-order valence-corrected chi connectivity index (χ4v) is 7.47. The topological polar surface area (TPSA) is 141 Å². The zero-order valence-electron chi connectivity index (χ0n) is 39.9. The summed E-state index contributed by atoms with van der Waals surface area (Å²) in [6.07, 6.45) is 16.6. The molecule has 0 N–H and O–H groups in total.